The van der Waals surface area contributed by atoms with Gasteiger partial charge in [0.15, 0.2) is 0 Å². The summed E-state index contributed by atoms with van der Waals surface area (Å²) in [6.07, 6.45) is 0.724. The number of rotatable bonds is 6. The largest absolute Gasteiger partial charge is 0.368 e. The average molecular weight is 379 g/mol. The van der Waals surface area contributed by atoms with Gasteiger partial charge in [0.1, 0.15) is 6.54 Å². The highest BCUT2D eigenvalue weighted by atomic mass is 16.2. The van der Waals surface area contributed by atoms with Crippen LogP contribution in [0, 0.1) is 0 Å². The number of nitrogens with one attached hydrogen (secondary N) is 1. The number of nitrogens with zero attached hydrogens (tertiary/aromatic N) is 4. The molecule has 0 spiro atoms. The van der Waals surface area contributed by atoms with Crippen LogP contribution in [0.3, 0.4) is 0 Å². The van der Waals surface area contributed by atoms with Crippen LogP contribution in [0.2, 0.25) is 0 Å². The SMILES string of the molecule is CC(C)(C)c1ccc(CCNC(=O)Cn2nnn(-c3ccccc3)c2=O)cc1. The molecule has 0 aliphatic carbocycles. The Morgan fingerprint density at radius 2 is 1.68 bits per heavy atom. The zero-order valence-corrected chi connectivity index (χ0v) is 16.4. The molecule has 0 radical (unpaired) electrons. The number of tetrazole rings is 1. The Bertz CT molecular complexity index is 982. The van der Waals surface area contributed by atoms with Crippen LogP contribution in [-0.4, -0.2) is 32.2 Å². The van der Waals surface area contributed by atoms with Crippen LogP contribution in [0.1, 0.15) is 31.9 Å². The van der Waals surface area contributed by atoms with Crippen molar-refractivity contribution in [3.63, 3.8) is 0 Å². The van der Waals surface area contributed by atoms with E-state index >= 15 is 0 Å². The molecule has 0 aliphatic heterocycles. The fraction of sp³-hybridized carbons (Fsp3) is 0.333. The molecule has 1 N–H and O–H groups in total. The Morgan fingerprint density at radius 1 is 1.00 bits per heavy atom. The van der Waals surface area contributed by atoms with Crippen LogP contribution in [0.5, 0.6) is 0 Å². The maximum atomic E-state index is 12.3. The highest BCUT2D eigenvalue weighted by molar-refractivity contribution is 5.75. The van der Waals surface area contributed by atoms with E-state index < -0.39 is 5.69 Å². The van der Waals surface area contributed by atoms with Crippen molar-refractivity contribution >= 4 is 5.91 Å². The smallest absolute Gasteiger partial charge is 0.354 e. The van der Waals surface area contributed by atoms with E-state index in [0.717, 1.165) is 16.7 Å². The lowest BCUT2D eigenvalue weighted by molar-refractivity contribution is -0.121. The first-order valence-corrected chi connectivity index (χ1v) is 9.29. The van der Waals surface area contributed by atoms with E-state index in [-0.39, 0.29) is 17.9 Å². The van der Waals surface area contributed by atoms with Crippen molar-refractivity contribution in [2.75, 3.05) is 6.54 Å². The van der Waals surface area contributed by atoms with Crippen LogP contribution >= 0.6 is 0 Å². The minimum absolute atomic E-state index is 0.122. The Hall–Kier alpha value is -3.22. The summed E-state index contributed by atoms with van der Waals surface area (Å²) >= 11 is 0. The molecule has 3 rings (SSSR count). The normalized spacial score (nSPS) is 11.4. The van der Waals surface area contributed by atoms with Crippen molar-refractivity contribution in [2.45, 2.75) is 39.2 Å². The van der Waals surface area contributed by atoms with Gasteiger partial charge in [0.05, 0.1) is 5.69 Å². The van der Waals surface area contributed by atoms with Gasteiger partial charge < -0.3 is 5.32 Å². The third kappa shape index (κ3) is 4.73. The topological polar surface area (TPSA) is 81.8 Å². The Morgan fingerprint density at radius 3 is 2.32 bits per heavy atom. The van der Waals surface area contributed by atoms with E-state index in [2.05, 4.69) is 60.8 Å². The van der Waals surface area contributed by atoms with E-state index in [1.165, 1.54) is 10.2 Å². The van der Waals surface area contributed by atoms with Crippen molar-refractivity contribution in [1.82, 2.24) is 25.1 Å². The molecule has 1 heterocycles. The molecular formula is C21H25N5O2. The number of hydrogen-bond acceptors (Lipinski definition) is 4. The third-order valence-electron chi connectivity index (χ3n) is 4.49. The first-order valence-electron chi connectivity index (χ1n) is 9.29. The van der Waals surface area contributed by atoms with Gasteiger partial charge >= 0.3 is 5.69 Å². The van der Waals surface area contributed by atoms with Gasteiger partial charge in [-0.1, -0.05) is 63.2 Å². The van der Waals surface area contributed by atoms with Crippen LogP contribution in [0.15, 0.2) is 59.4 Å². The van der Waals surface area contributed by atoms with E-state index in [1.807, 2.05) is 18.2 Å². The van der Waals surface area contributed by atoms with Gasteiger partial charge in [0.2, 0.25) is 5.91 Å². The van der Waals surface area contributed by atoms with Crippen LogP contribution in [0.4, 0.5) is 0 Å². The molecule has 7 nitrogen and oxygen atoms in total. The predicted molar refractivity (Wildman–Crippen MR) is 107 cm³/mol. The van der Waals surface area contributed by atoms with Crippen LogP contribution in [0.25, 0.3) is 5.69 Å². The summed E-state index contributed by atoms with van der Waals surface area (Å²) in [6, 6.07) is 17.4. The van der Waals surface area contributed by atoms with Crippen molar-refractivity contribution in [3.8, 4) is 5.69 Å². The zero-order valence-electron chi connectivity index (χ0n) is 16.4. The molecule has 0 atom stereocenters. The second kappa shape index (κ2) is 8.21. The molecule has 1 amide bonds. The minimum atomic E-state index is -0.445. The lowest BCUT2D eigenvalue weighted by atomic mass is 9.86. The molecule has 3 aromatic rings. The summed E-state index contributed by atoms with van der Waals surface area (Å²) in [5.41, 5.74) is 2.72. The van der Waals surface area contributed by atoms with E-state index in [0.29, 0.717) is 12.2 Å². The number of carbonyl (C=O) groups excluding carboxylic acids is 1. The van der Waals surface area contributed by atoms with E-state index in [1.54, 1.807) is 12.1 Å². The third-order valence-corrected chi connectivity index (χ3v) is 4.49. The monoisotopic (exact) mass is 379 g/mol. The zero-order chi connectivity index (χ0) is 20.1. The number of carbonyl (C=O) groups is 1. The second-order valence-electron chi connectivity index (χ2n) is 7.71. The van der Waals surface area contributed by atoms with Crippen molar-refractivity contribution in [3.05, 3.63) is 76.2 Å². The van der Waals surface area contributed by atoms with Crippen molar-refractivity contribution in [1.29, 1.82) is 0 Å². The summed E-state index contributed by atoms with van der Waals surface area (Å²) in [5.74, 6) is -0.270. The van der Waals surface area contributed by atoms with Gasteiger partial charge in [-0.15, -0.1) is 0 Å². The molecule has 0 bridgehead atoms. The average Bonchev–Trinajstić information content (AvgIpc) is 3.02. The molecular weight excluding hydrogens is 354 g/mol. The van der Waals surface area contributed by atoms with Gasteiger partial charge in [-0.3, -0.25) is 4.79 Å². The quantitative estimate of drug-likeness (QED) is 0.711. The fourth-order valence-corrected chi connectivity index (χ4v) is 2.81. The number of amides is 1. The van der Waals surface area contributed by atoms with Gasteiger partial charge in [-0.05, 0) is 45.5 Å². The molecule has 28 heavy (non-hydrogen) atoms. The molecule has 0 saturated carbocycles. The van der Waals surface area contributed by atoms with Gasteiger partial charge in [-0.2, -0.15) is 9.36 Å². The molecule has 1 aromatic heterocycles. The Labute approximate surface area is 164 Å². The molecule has 0 saturated heterocycles. The predicted octanol–water partition coefficient (Wildman–Crippen LogP) is 2.09. The number of para-hydroxylation sites is 1. The number of aromatic nitrogens is 4. The van der Waals surface area contributed by atoms with Crippen molar-refractivity contribution < 1.29 is 4.79 Å². The molecule has 146 valence electrons. The molecule has 2 aromatic carbocycles. The number of hydrogen-bond donors (Lipinski definition) is 1. The van der Waals surface area contributed by atoms with Crippen molar-refractivity contribution in [2.24, 2.45) is 0 Å². The summed E-state index contributed by atoms with van der Waals surface area (Å²) in [5, 5.41) is 10.4. The molecule has 7 heteroatoms. The number of benzene rings is 2. The lowest BCUT2D eigenvalue weighted by Crippen LogP contribution is -2.34. The first kappa shape index (κ1) is 19.5. The first-order chi connectivity index (χ1) is 13.3. The van der Waals surface area contributed by atoms with Gasteiger partial charge in [0.25, 0.3) is 0 Å². The van der Waals surface area contributed by atoms with Crippen LogP contribution < -0.4 is 11.0 Å². The highest BCUT2D eigenvalue weighted by Crippen LogP contribution is 2.22. The minimum Gasteiger partial charge on any atom is -0.354 e. The maximum absolute atomic E-state index is 12.3. The summed E-state index contributed by atoms with van der Waals surface area (Å²) in [7, 11) is 0. The maximum Gasteiger partial charge on any atom is 0.368 e. The lowest BCUT2D eigenvalue weighted by Gasteiger charge is -2.19. The fourth-order valence-electron chi connectivity index (χ4n) is 2.81. The molecule has 0 unspecified atom stereocenters. The van der Waals surface area contributed by atoms with Gasteiger partial charge in [-0.25, -0.2) is 4.79 Å². The molecule has 0 fully saturated rings. The summed E-state index contributed by atoms with van der Waals surface area (Å²) in [4.78, 5) is 24.5. The Kier molecular flexibility index (Phi) is 5.73. The summed E-state index contributed by atoms with van der Waals surface area (Å²) < 4.78 is 2.23. The summed E-state index contributed by atoms with van der Waals surface area (Å²) in [6.45, 7) is 6.87. The second-order valence-corrected chi connectivity index (χ2v) is 7.71. The van der Waals surface area contributed by atoms with E-state index in [4.69, 9.17) is 0 Å². The standard InChI is InChI=1S/C21H25N5O2/c1-21(2,3)17-11-9-16(10-12-17)13-14-22-19(27)15-25-20(28)26(24-23-25)18-7-5-4-6-8-18/h4-12H,13-15H2,1-3H3,(H,22,27). The van der Waals surface area contributed by atoms with Crippen LogP contribution in [-0.2, 0) is 23.2 Å². The Balaban J connectivity index is 1.53. The van der Waals surface area contributed by atoms with E-state index in [9.17, 15) is 9.59 Å². The van der Waals surface area contributed by atoms with Gasteiger partial charge in [0, 0.05) is 6.54 Å². The molecule has 0 aliphatic rings. The highest BCUT2D eigenvalue weighted by Gasteiger charge is 2.13.